The van der Waals surface area contributed by atoms with Gasteiger partial charge in [-0.3, -0.25) is 4.79 Å². The monoisotopic (exact) mass is 290 g/mol. The molecule has 0 saturated carbocycles. The highest BCUT2D eigenvalue weighted by Gasteiger charge is 2.37. The largest absolute Gasteiger partial charge is 0.287 e. The van der Waals surface area contributed by atoms with Gasteiger partial charge in [0, 0.05) is 17.8 Å². The van der Waals surface area contributed by atoms with Crippen LogP contribution in [0.15, 0.2) is 39.7 Å². The van der Waals surface area contributed by atoms with Crippen LogP contribution < -0.4 is 0 Å². The number of halogens is 2. The van der Waals surface area contributed by atoms with Crippen molar-refractivity contribution in [1.29, 1.82) is 0 Å². The Morgan fingerprint density at radius 3 is 2.29 bits per heavy atom. The molecule has 0 N–H and O–H groups in total. The lowest BCUT2D eigenvalue weighted by Crippen LogP contribution is -2.25. The van der Waals surface area contributed by atoms with E-state index in [2.05, 4.69) is 28.5 Å². The quantitative estimate of drug-likeness (QED) is 0.747. The van der Waals surface area contributed by atoms with Gasteiger partial charge in [0.2, 0.25) is 5.78 Å². The predicted molar refractivity (Wildman–Crippen MR) is 76.5 cm³/mol. The normalized spacial score (nSPS) is 15.5. The van der Waals surface area contributed by atoms with Gasteiger partial charge in [-0.15, -0.1) is 10.2 Å². The predicted octanol–water partition coefficient (Wildman–Crippen LogP) is 2.73. The third kappa shape index (κ3) is 2.16. The van der Waals surface area contributed by atoms with Crippen LogP contribution in [0, 0.1) is 11.6 Å². The zero-order chi connectivity index (χ0) is 15.7. The number of ketones is 1. The zero-order valence-corrected chi connectivity index (χ0v) is 11.5. The maximum atomic E-state index is 13.3. The van der Waals surface area contributed by atoms with E-state index < -0.39 is 17.4 Å². The van der Waals surface area contributed by atoms with Crippen molar-refractivity contribution in [2.24, 2.45) is 15.2 Å². The van der Waals surface area contributed by atoms with Crippen LogP contribution in [-0.2, 0) is 0 Å². The number of fused-ring (bicyclic) bond motifs is 3. The first-order valence-electron chi connectivity index (χ1n) is 6.20. The number of nitrogens with zero attached hydrogens (tertiary/aromatic N) is 4. The summed E-state index contributed by atoms with van der Waals surface area (Å²) >= 11 is 0. The van der Waals surface area contributed by atoms with Crippen molar-refractivity contribution in [2.45, 2.75) is 13.8 Å². The molecule has 1 aromatic carbocycles. The van der Waals surface area contributed by atoms with Crippen molar-refractivity contribution in [2.75, 3.05) is 0 Å². The number of hydrogen-bond acceptors (Lipinski definition) is 5. The SMILES string of the molecule is C=NN1N=C2C(=NC1=C)C(=O)c1cc(F)c(F)cc12.CC. The van der Waals surface area contributed by atoms with E-state index in [1.807, 2.05) is 13.8 Å². The fourth-order valence-corrected chi connectivity index (χ4v) is 1.94. The van der Waals surface area contributed by atoms with Crippen molar-refractivity contribution in [3.8, 4) is 0 Å². The van der Waals surface area contributed by atoms with Gasteiger partial charge in [0.05, 0.1) is 0 Å². The molecule has 1 heterocycles. The highest BCUT2D eigenvalue weighted by molar-refractivity contribution is 6.78. The van der Waals surface area contributed by atoms with Gasteiger partial charge in [-0.2, -0.15) is 5.10 Å². The lowest BCUT2D eigenvalue weighted by molar-refractivity contribution is 0.106. The van der Waals surface area contributed by atoms with E-state index >= 15 is 0 Å². The van der Waals surface area contributed by atoms with Gasteiger partial charge in [-0.25, -0.2) is 13.8 Å². The Labute approximate surface area is 120 Å². The number of aliphatic imine (C=N–C) groups is 1. The van der Waals surface area contributed by atoms with Crippen LogP contribution in [-0.4, -0.2) is 29.0 Å². The molecule has 0 bridgehead atoms. The summed E-state index contributed by atoms with van der Waals surface area (Å²) in [6, 6.07) is 1.75. The summed E-state index contributed by atoms with van der Waals surface area (Å²) < 4.78 is 26.4. The summed E-state index contributed by atoms with van der Waals surface area (Å²) in [5.41, 5.74) is 0.350. The first-order chi connectivity index (χ1) is 10.0. The number of carbonyl (C=O) groups is 1. The van der Waals surface area contributed by atoms with Crippen LogP contribution in [0.3, 0.4) is 0 Å². The highest BCUT2D eigenvalue weighted by atomic mass is 19.2. The number of carbonyl (C=O) groups excluding carboxylic acids is 1. The molecule has 0 radical (unpaired) electrons. The number of benzene rings is 1. The summed E-state index contributed by atoms with van der Waals surface area (Å²) in [4.78, 5) is 16.0. The molecule has 0 atom stereocenters. The van der Waals surface area contributed by atoms with E-state index in [9.17, 15) is 13.6 Å². The summed E-state index contributed by atoms with van der Waals surface area (Å²) in [7, 11) is 0. The molecule has 2 aliphatic rings. The minimum Gasteiger partial charge on any atom is -0.287 e. The average Bonchev–Trinajstić information content (AvgIpc) is 2.74. The van der Waals surface area contributed by atoms with E-state index in [1.54, 1.807) is 0 Å². The van der Waals surface area contributed by atoms with Crippen molar-refractivity contribution in [3.63, 3.8) is 0 Å². The molecule has 0 saturated heterocycles. The van der Waals surface area contributed by atoms with Crippen molar-refractivity contribution in [3.05, 3.63) is 47.3 Å². The Morgan fingerprint density at radius 1 is 1.14 bits per heavy atom. The fraction of sp³-hybridized carbons (Fsp3) is 0.143. The summed E-state index contributed by atoms with van der Waals surface area (Å²) in [5, 5.41) is 8.54. The molecule has 1 aromatic rings. The molecular weight excluding hydrogens is 278 g/mol. The van der Waals surface area contributed by atoms with Crippen molar-refractivity contribution >= 4 is 23.9 Å². The van der Waals surface area contributed by atoms with Crippen LogP contribution >= 0.6 is 0 Å². The molecule has 5 nitrogen and oxygen atoms in total. The van der Waals surface area contributed by atoms with Gasteiger partial charge in [-0.1, -0.05) is 20.4 Å². The first-order valence-corrected chi connectivity index (χ1v) is 6.20. The third-order valence-electron chi connectivity index (χ3n) is 2.80. The second-order valence-corrected chi connectivity index (χ2v) is 3.90. The number of hydrogen-bond donors (Lipinski definition) is 0. The topological polar surface area (TPSA) is 57.4 Å². The third-order valence-corrected chi connectivity index (χ3v) is 2.80. The van der Waals surface area contributed by atoms with Crippen LogP contribution in [0.5, 0.6) is 0 Å². The lowest BCUT2D eigenvalue weighted by atomic mass is 10.1. The van der Waals surface area contributed by atoms with E-state index in [1.165, 1.54) is 0 Å². The minimum atomic E-state index is -1.09. The molecule has 0 unspecified atom stereocenters. The second kappa shape index (κ2) is 5.35. The number of rotatable bonds is 1. The van der Waals surface area contributed by atoms with Crippen LogP contribution in [0.1, 0.15) is 29.8 Å². The molecule has 1 aliphatic carbocycles. The molecule has 21 heavy (non-hydrogen) atoms. The standard InChI is InChI=1S/C12H6F2N4O.C2H6/c1-5-16-11-10(17-18(5)15-2)6-3-8(13)9(14)4-7(6)12(11)19;1-2/h3-4H,1-2H2;1-2H3. The Balaban J connectivity index is 0.000000774. The van der Waals surface area contributed by atoms with Crippen molar-refractivity contribution in [1.82, 2.24) is 5.12 Å². The molecule has 0 amide bonds. The van der Waals surface area contributed by atoms with E-state index in [0.717, 1.165) is 17.3 Å². The van der Waals surface area contributed by atoms with Gasteiger partial charge in [-0.05, 0) is 12.1 Å². The maximum absolute atomic E-state index is 13.3. The smallest absolute Gasteiger partial charge is 0.214 e. The minimum absolute atomic E-state index is 0.00454. The molecule has 1 aliphatic heterocycles. The molecular formula is C14H12F2N4O. The van der Waals surface area contributed by atoms with E-state index in [4.69, 9.17) is 0 Å². The van der Waals surface area contributed by atoms with Gasteiger partial charge in [0.15, 0.2) is 17.5 Å². The first kappa shape index (κ1) is 14.7. The Hall–Kier alpha value is -2.70. The van der Waals surface area contributed by atoms with Crippen LogP contribution in [0.4, 0.5) is 8.78 Å². The van der Waals surface area contributed by atoms with Gasteiger partial charge in [0.25, 0.3) is 0 Å². The average molecular weight is 290 g/mol. The van der Waals surface area contributed by atoms with Crippen molar-refractivity contribution < 1.29 is 13.6 Å². The molecule has 0 aromatic heterocycles. The zero-order valence-electron chi connectivity index (χ0n) is 11.5. The molecule has 3 rings (SSSR count). The summed E-state index contributed by atoms with van der Waals surface area (Å²) in [5.74, 6) is -2.56. The highest BCUT2D eigenvalue weighted by Crippen LogP contribution is 2.28. The maximum Gasteiger partial charge on any atom is 0.214 e. The summed E-state index contributed by atoms with van der Waals surface area (Å²) in [6.45, 7) is 10.8. The van der Waals surface area contributed by atoms with Gasteiger partial charge < -0.3 is 0 Å². The van der Waals surface area contributed by atoms with Gasteiger partial charge >= 0.3 is 0 Å². The number of hydrazone groups is 2. The lowest BCUT2D eigenvalue weighted by Gasteiger charge is -2.17. The molecule has 0 spiro atoms. The Kier molecular flexibility index (Phi) is 3.75. The molecule has 108 valence electrons. The Bertz CT molecular complexity index is 722. The molecule has 7 heteroatoms. The van der Waals surface area contributed by atoms with E-state index in [0.29, 0.717) is 0 Å². The molecule has 0 fully saturated rings. The van der Waals surface area contributed by atoms with Gasteiger partial charge in [0.1, 0.15) is 11.4 Å². The van der Waals surface area contributed by atoms with E-state index in [-0.39, 0.29) is 28.4 Å². The van der Waals surface area contributed by atoms with Crippen LogP contribution in [0.2, 0.25) is 0 Å². The fourth-order valence-electron chi connectivity index (χ4n) is 1.94. The summed E-state index contributed by atoms with van der Waals surface area (Å²) in [6.07, 6.45) is 0. The second-order valence-electron chi connectivity index (χ2n) is 3.90. The number of Topliss-reactive ketones (excluding diaryl/α,β-unsaturated/α-hetero) is 1. The Morgan fingerprint density at radius 2 is 1.71 bits per heavy atom. The van der Waals surface area contributed by atoms with Crippen LogP contribution in [0.25, 0.3) is 0 Å².